The normalized spacial score (nSPS) is 20.6. The molecular weight excluding hydrogens is 430 g/mol. The minimum atomic E-state index is -1.01. The molecule has 176 valence electrons. The summed E-state index contributed by atoms with van der Waals surface area (Å²) in [6, 6.07) is 22.9. The van der Waals surface area contributed by atoms with Crippen LogP contribution in [0.15, 0.2) is 84.9 Å². The van der Waals surface area contributed by atoms with Gasteiger partial charge in [-0.2, -0.15) is 0 Å². The Labute approximate surface area is 200 Å². The van der Waals surface area contributed by atoms with Crippen LogP contribution in [0.3, 0.4) is 0 Å². The van der Waals surface area contributed by atoms with E-state index in [1.54, 1.807) is 6.08 Å². The molecule has 1 saturated heterocycles. The highest BCUT2D eigenvalue weighted by atomic mass is 19.1. The van der Waals surface area contributed by atoms with Crippen molar-refractivity contribution >= 4 is 12.0 Å². The van der Waals surface area contributed by atoms with Gasteiger partial charge in [0.25, 0.3) is 0 Å². The van der Waals surface area contributed by atoms with Crippen LogP contribution < -0.4 is 5.11 Å². The average Bonchev–Trinajstić information content (AvgIpc) is 3.20. The molecule has 0 aliphatic carbocycles. The molecule has 1 heterocycles. The van der Waals surface area contributed by atoms with Crippen molar-refractivity contribution in [2.75, 3.05) is 26.7 Å². The van der Waals surface area contributed by atoms with Crippen LogP contribution in [0.1, 0.15) is 29.5 Å². The highest BCUT2D eigenvalue weighted by Gasteiger charge is 2.49. The lowest BCUT2D eigenvalue weighted by atomic mass is 9.65. The summed E-state index contributed by atoms with van der Waals surface area (Å²) in [6.07, 6.45) is 5.28. The first-order valence-corrected chi connectivity index (χ1v) is 11.7. The summed E-state index contributed by atoms with van der Waals surface area (Å²) in [7, 11) is 2.19. The Morgan fingerprint density at radius 1 is 1.00 bits per heavy atom. The molecule has 3 aromatic rings. The van der Waals surface area contributed by atoms with Crippen molar-refractivity contribution < 1.29 is 18.4 Å². The molecule has 1 N–H and O–H groups in total. The number of rotatable bonds is 8. The minimum absolute atomic E-state index is 0.00593. The second-order valence-electron chi connectivity index (χ2n) is 9.50. The van der Waals surface area contributed by atoms with E-state index in [4.69, 9.17) is 5.41 Å². The highest BCUT2D eigenvalue weighted by Crippen LogP contribution is 2.45. The summed E-state index contributed by atoms with van der Waals surface area (Å²) < 4.78 is 27.6. The average molecular weight is 461 g/mol. The minimum Gasteiger partial charge on any atom is -0.861 e. The van der Waals surface area contributed by atoms with Gasteiger partial charge in [-0.3, -0.25) is 0 Å². The first-order valence-electron chi connectivity index (χ1n) is 11.7. The molecule has 3 nitrogen and oxygen atoms in total. The van der Waals surface area contributed by atoms with E-state index in [9.17, 15) is 13.9 Å². The van der Waals surface area contributed by atoms with Gasteiger partial charge < -0.3 is 15.0 Å². The third-order valence-electron chi connectivity index (χ3n) is 7.14. The summed E-state index contributed by atoms with van der Waals surface area (Å²) in [5, 5.41) is 21.6. The molecule has 5 heteroatoms. The first kappa shape index (κ1) is 23.8. The number of hydrogen-bond donors (Lipinski definition) is 1. The maximum Gasteiger partial charge on any atom is 0.126 e. The van der Waals surface area contributed by atoms with E-state index in [0.29, 0.717) is 5.56 Å². The number of benzene rings is 3. The fraction of sp³-hybridized carbons (Fsp3) is 0.276. The van der Waals surface area contributed by atoms with Crippen LogP contribution in [0.5, 0.6) is 0 Å². The van der Waals surface area contributed by atoms with Crippen LogP contribution in [0.25, 0.3) is 6.08 Å². The molecule has 1 unspecified atom stereocenters. The van der Waals surface area contributed by atoms with E-state index < -0.39 is 22.9 Å². The van der Waals surface area contributed by atoms with Crippen molar-refractivity contribution in [1.82, 2.24) is 0 Å². The summed E-state index contributed by atoms with van der Waals surface area (Å²) in [5.74, 6) is -1.75. The zero-order valence-corrected chi connectivity index (χ0v) is 19.4. The number of likely N-dealkylation sites (tertiary alicyclic amines) is 1. The summed E-state index contributed by atoms with van der Waals surface area (Å²) in [4.78, 5) is 0. The van der Waals surface area contributed by atoms with E-state index in [0.717, 1.165) is 54.2 Å². The van der Waals surface area contributed by atoms with Gasteiger partial charge in [-0.05, 0) is 34.7 Å². The largest absolute Gasteiger partial charge is 0.861 e. The van der Waals surface area contributed by atoms with E-state index in [-0.39, 0.29) is 5.92 Å². The monoisotopic (exact) mass is 460 g/mol. The van der Waals surface area contributed by atoms with Crippen LogP contribution in [-0.2, 0) is 5.41 Å². The second-order valence-corrected chi connectivity index (χ2v) is 9.50. The number of halogens is 2. The molecule has 0 saturated carbocycles. The SMILES string of the molecule is C[N+]1(CC/C=C/c2cc(F)cc(F)c2)CC[C@@H](C(C(=N)[O-])(c2ccccc2)c2ccccc2)C1. The summed E-state index contributed by atoms with van der Waals surface area (Å²) in [5.41, 5.74) is 1.24. The van der Waals surface area contributed by atoms with Crippen LogP contribution in [0, 0.1) is 23.0 Å². The van der Waals surface area contributed by atoms with E-state index in [2.05, 4.69) is 7.05 Å². The Balaban J connectivity index is 1.56. The third-order valence-corrected chi connectivity index (χ3v) is 7.14. The Hall–Kier alpha value is -3.31. The fourth-order valence-electron chi connectivity index (χ4n) is 5.50. The second kappa shape index (κ2) is 9.90. The van der Waals surface area contributed by atoms with Gasteiger partial charge in [0.2, 0.25) is 0 Å². The fourth-order valence-corrected chi connectivity index (χ4v) is 5.50. The molecule has 1 fully saturated rings. The van der Waals surface area contributed by atoms with Crippen LogP contribution in [-0.4, -0.2) is 37.1 Å². The number of hydrogen-bond acceptors (Lipinski definition) is 2. The molecular formula is C29H30F2N2O. The lowest BCUT2D eigenvalue weighted by molar-refractivity contribution is -0.898. The molecule has 0 radical (unpaired) electrons. The van der Waals surface area contributed by atoms with Crippen molar-refractivity contribution in [3.05, 3.63) is 113 Å². The molecule has 0 bridgehead atoms. The van der Waals surface area contributed by atoms with Crippen molar-refractivity contribution in [3.8, 4) is 0 Å². The van der Waals surface area contributed by atoms with E-state index in [1.807, 2.05) is 66.7 Å². The first-order chi connectivity index (χ1) is 16.3. The molecule has 0 spiro atoms. The van der Waals surface area contributed by atoms with Gasteiger partial charge in [0.05, 0.1) is 32.1 Å². The molecule has 4 rings (SSSR count). The number of nitrogens with zero attached hydrogens (tertiary/aromatic N) is 1. The van der Waals surface area contributed by atoms with Gasteiger partial charge in [0.15, 0.2) is 0 Å². The van der Waals surface area contributed by atoms with Gasteiger partial charge in [-0.15, -0.1) is 0 Å². The zero-order chi connectivity index (χ0) is 24.2. The van der Waals surface area contributed by atoms with Crippen molar-refractivity contribution in [2.24, 2.45) is 5.92 Å². The standard InChI is InChI=1S/C29H30F2N2O/c1-33(16-9-8-10-22-18-26(30)20-27(31)19-22)17-15-25(21-33)29(28(32)34,23-11-4-2-5-12-23)24-13-6-3-7-14-24/h2-8,10-14,18-20,25H,9,15-17,21H2,1H3,(H-,32,34)/b10-8+/t25-,33?/m1/s1. The van der Waals surface area contributed by atoms with E-state index >= 15 is 0 Å². The third kappa shape index (κ3) is 4.80. The molecule has 0 amide bonds. The van der Waals surface area contributed by atoms with Gasteiger partial charge in [0.1, 0.15) is 11.6 Å². The van der Waals surface area contributed by atoms with Gasteiger partial charge in [-0.25, -0.2) is 8.78 Å². The lowest BCUT2D eigenvalue weighted by Crippen LogP contribution is -2.52. The number of nitrogens with one attached hydrogen (secondary N) is 1. The molecule has 1 aliphatic heterocycles. The quantitative estimate of drug-likeness (QED) is 0.282. The van der Waals surface area contributed by atoms with Crippen LogP contribution in [0.2, 0.25) is 0 Å². The maximum absolute atomic E-state index is 13.4. The van der Waals surface area contributed by atoms with Gasteiger partial charge in [-0.1, -0.05) is 72.8 Å². The Kier molecular flexibility index (Phi) is 6.94. The zero-order valence-electron chi connectivity index (χ0n) is 19.4. The highest BCUT2D eigenvalue weighted by molar-refractivity contribution is 5.87. The molecule has 3 aromatic carbocycles. The smallest absolute Gasteiger partial charge is 0.126 e. The summed E-state index contributed by atoms with van der Waals surface area (Å²) in [6.45, 7) is 2.52. The molecule has 34 heavy (non-hydrogen) atoms. The maximum atomic E-state index is 13.4. The predicted molar refractivity (Wildman–Crippen MR) is 130 cm³/mol. The Morgan fingerprint density at radius 2 is 1.56 bits per heavy atom. The lowest BCUT2D eigenvalue weighted by Gasteiger charge is -2.43. The topological polar surface area (TPSA) is 46.9 Å². The number of quaternary nitrogens is 1. The molecule has 2 atom stereocenters. The van der Waals surface area contributed by atoms with Gasteiger partial charge in [0, 0.05) is 24.8 Å². The van der Waals surface area contributed by atoms with Crippen LogP contribution in [0.4, 0.5) is 8.78 Å². The Bertz CT molecular complexity index is 1100. The van der Waals surface area contributed by atoms with Crippen molar-refractivity contribution in [1.29, 1.82) is 5.41 Å². The van der Waals surface area contributed by atoms with Crippen LogP contribution >= 0.6 is 0 Å². The predicted octanol–water partition coefficient (Wildman–Crippen LogP) is 5.16. The van der Waals surface area contributed by atoms with Gasteiger partial charge >= 0.3 is 0 Å². The summed E-state index contributed by atoms with van der Waals surface area (Å²) >= 11 is 0. The molecule has 0 aromatic heterocycles. The Morgan fingerprint density at radius 3 is 2.09 bits per heavy atom. The van der Waals surface area contributed by atoms with Crippen molar-refractivity contribution in [3.63, 3.8) is 0 Å². The van der Waals surface area contributed by atoms with E-state index in [1.165, 1.54) is 12.1 Å². The molecule has 1 aliphatic rings. The van der Waals surface area contributed by atoms with Crippen molar-refractivity contribution in [2.45, 2.75) is 18.3 Å².